The standard InChI is InChI=1S/C15H12FN3O3/c16-9-3-1-4-10(7-9)22-8-12-18-13(15(20)21)14-11(17)5-2-6-19(12)14/h1-7H,8,17H2,(H,20,21). The fourth-order valence-electron chi connectivity index (χ4n) is 2.18. The number of carbonyl (C=O) groups is 1. The average Bonchev–Trinajstić information content (AvgIpc) is 2.86. The number of nitrogen functional groups attached to an aromatic ring is 1. The fourth-order valence-corrected chi connectivity index (χ4v) is 2.18. The number of benzene rings is 1. The second kappa shape index (κ2) is 5.36. The SMILES string of the molecule is Nc1cccn2c(COc3cccc(F)c3)nc(C(=O)O)c12. The molecule has 0 fully saturated rings. The molecule has 0 atom stereocenters. The largest absolute Gasteiger partial charge is 0.486 e. The van der Waals surface area contributed by atoms with E-state index in [2.05, 4.69) is 4.98 Å². The molecule has 3 aromatic rings. The molecule has 22 heavy (non-hydrogen) atoms. The van der Waals surface area contributed by atoms with Gasteiger partial charge in [-0.2, -0.15) is 0 Å². The van der Waals surface area contributed by atoms with E-state index in [1.54, 1.807) is 28.8 Å². The Morgan fingerprint density at radius 2 is 2.18 bits per heavy atom. The second-order valence-corrected chi connectivity index (χ2v) is 4.61. The molecule has 3 N–H and O–H groups in total. The van der Waals surface area contributed by atoms with Crippen molar-refractivity contribution in [2.24, 2.45) is 0 Å². The topological polar surface area (TPSA) is 89.9 Å². The van der Waals surface area contributed by atoms with Crippen molar-refractivity contribution in [2.75, 3.05) is 5.73 Å². The number of hydrogen-bond donors (Lipinski definition) is 2. The van der Waals surface area contributed by atoms with Gasteiger partial charge in [-0.05, 0) is 24.3 Å². The first-order valence-corrected chi connectivity index (χ1v) is 6.43. The Bertz CT molecular complexity index is 860. The predicted molar refractivity (Wildman–Crippen MR) is 77.3 cm³/mol. The summed E-state index contributed by atoms with van der Waals surface area (Å²) in [4.78, 5) is 15.3. The summed E-state index contributed by atoms with van der Waals surface area (Å²) in [5.41, 5.74) is 6.30. The Hall–Kier alpha value is -3.09. The second-order valence-electron chi connectivity index (χ2n) is 4.61. The van der Waals surface area contributed by atoms with Crippen molar-refractivity contribution in [3.05, 3.63) is 59.9 Å². The first kappa shape index (κ1) is 13.9. The van der Waals surface area contributed by atoms with Crippen LogP contribution in [0.3, 0.4) is 0 Å². The molecule has 0 amide bonds. The van der Waals surface area contributed by atoms with Gasteiger partial charge in [0, 0.05) is 12.3 Å². The summed E-state index contributed by atoms with van der Waals surface area (Å²) in [5, 5.41) is 9.22. The van der Waals surface area contributed by atoms with Crippen LogP contribution in [0.1, 0.15) is 16.3 Å². The normalized spacial score (nSPS) is 10.8. The molecule has 0 bridgehead atoms. The number of aromatic carboxylic acids is 1. The fraction of sp³-hybridized carbons (Fsp3) is 0.0667. The van der Waals surface area contributed by atoms with E-state index in [1.807, 2.05) is 0 Å². The zero-order valence-corrected chi connectivity index (χ0v) is 11.4. The lowest BCUT2D eigenvalue weighted by Crippen LogP contribution is -2.02. The number of aromatic nitrogens is 2. The molecule has 0 aliphatic carbocycles. The quantitative estimate of drug-likeness (QED) is 0.772. The van der Waals surface area contributed by atoms with Crippen LogP contribution in [-0.2, 0) is 6.61 Å². The van der Waals surface area contributed by atoms with E-state index in [9.17, 15) is 14.3 Å². The van der Waals surface area contributed by atoms with Gasteiger partial charge in [0.05, 0.1) is 5.69 Å². The molecule has 0 saturated heterocycles. The van der Waals surface area contributed by atoms with Gasteiger partial charge in [0.15, 0.2) is 11.5 Å². The van der Waals surface area contributed by atoms with E-state index in [4.69, 9.17) is 10.5 Å². The minimum absolute atomic E-state index is 0.0125. The maximum absolute atomic E-state index is 13.1. The number of halogens is 1. The molecule has 0 aliphatic heterocycles. The van der Waals surface area contributed by atoms with E-state index < -0.39 is 11.8 Å². The van der Waals surface area contributed by atoms with E-state index in [0.717, 1.165) is 0 Å². The summed E-state index contributed by atoms with van der Waals surface area (Å²) >= 11 is 0. The average molecular weight is 301 g/mol. The Balaban J connectivity index is 1.97. The zero-order valence-electron chi connectivity index (χ0n) is 11.4. The number of anilines is 1. The maximum atomic E-state index is 13.1. The number of rotatable bonds is 4. The van der Waals surface area contributed by atoms with Crippen LogP contribution in [0.15, 0.2) is 42.6 Å². The first-order valence-electron chi connectivity index (χ1n) is 6.43. The van der Waals surface area contributed by atoms with Crippen molar-refractivity contribution < 1.29 is 19.0 Å². The number of carboxylic acid groups (broad SMARTS) is 1. The Kier molecular flexibility index (Phi) is 3.38. The lowest BCUT2D eigenvalue weighted by atomic mass is 10.3. The van der Waals surface area contributed by atoms with Crippen LogP contribution >= 0.6 is 0 Å². The highest BCUT2D eigenvalue weighted by molar-refractivity contribution is 5.97. The van der Waals surface area contributed by atoms with E-state index in [0.29, 0.717) is 22.8 Å². The first-order chi connectivity index (χ1) is 10.6. The molecule has 7 heteroatoms. The van der Waals surface area contributed by atoms with Gasteiger partial charge in [0.1, 0.15) is 23.7 Å². The highest BCUT2D eigenvalue weighted by Gasteiger charge is 2.18. The van der Waals surface area contributed by atoms with Crippen molar-refractivity contribution in [2.45, 2.75) is 6.61 Å². The molecule has 0 aliphatic rings. The summed E-state index contributed by atoms with van der Waals surface area (Å²) in [6.07, 6.45) is 1.65. The number of hydrogen-bond acceptors (Lipinski definition) is 4. The summed E-state index contributed by atoms with van der Waals surface area (Å²) in [7, 11) is 0. The molecule has 0 saturated carbocycles. The van der Waals surface area contributed by atoms with Crippen LogP contribution in [0, 0.1) is 5.82 Å². The number of carboxylic acids is 1. The number of fused-ring (bicyclic) bond motifs is 1. The van der Waals surface area contributed by atoms with E-state index in [-0.39, 0.29) is 12.3 Å². The van der Waals surface area contributed by atoms with E-state index in [1.165, 1.54) is 18.2 Å². The molecule has 0 unspecified atom stereocenters. The summed E-state index contributed by atoms with van der Waals surface area (Å²) in [5.74, 6) is -0.894. The molecule has 2 heterocycles. The van der Waals surface area contributed by atoms with E-state index >= 15 is 0 Å². The third-order valence-electron chi connectivity index (χ3n) is 3.14. The molecule has 0 radical (unpaired) electrons. The lowest BCUT2D eigenvalue weighted by Gasteiger charge is -2.06. The predicted octanol–water partition coefficient (Wildman–Crippen LogP) is 2.33. The van der Waals surface area contributed by atoms with Gasteiger partial charge >= 0.3 is 5.97 Å². The monoisotopic (exact) mass is 301 g/mol. The van der Waals surface area contributed by atoms with Crippen molar-refractivity contribution in [1.82, 2.24) is 9.38 Å². The summed E-state index contributed by atoms with van der Waals surface area (Å²) in [6, 6.07) is 8.95. The highest BCUT2D eigenvalue weighted by Crippen LogP contribution is 2.21. The van der Waals surface area contributed by atoms with Gasteiger partial charge in [0.2, 0.25) is 0 Å². The zero-order chi connectivity index (χ0) is 15.7. The van der Waals surface area contributed by atoms with Gasteiger partial charge in [-0.3, -0.25) is 4.40 Å². The molecule has 2 aromatic heterocycles. The third-order valence-corrected chi connectivity index (χ3v) is 3.14. The van der Waals surface area contributed by atoms with Crippen LogP contribution in [0.25, 0.3) is 5.52 Å². The van der Waals surface area contributed by atoms with Crippen LogP contribution in [0.4, 0.5) is 10.1 Å². The van der Waals surface area contributed by atoms with Crippen molar-refractivity contribution in [1.29, 1.82) is 0 Å². The van der Waals surface area contributed by atoms with Crippen molar-refractivity contribution in [3.63, 3.8) is 0 Å². The minimum atomic E-state index is -1.17. The lowest BCUT2D eigenvalue weighted by molar-refractivity contribution is 0.0693. The van der Waals surface area contributed by atoms with Crippen LogP contribution in [-0.4, -0.2) is 20.5 Å². The Morgan fingerprint density at radius 1 is 1.36 bits per heavy atom. The van der Waals surface area contributed by atoms with Gasteiger partial charge in [-0.1, -0.05) is 6.07 Å². The number of nitrogens with two attached hydrogens (primary N) is 1. The summed E-state index contributed by atoms with van der Waals surface area (Å²) < 4.78 is 20.1. The van der Waals surface area contributed by atoms with Gasteiger partial charge in [-0.15, -0.1) is 0 Å². The maximum Gasteiger partial charge on any atom is 0.356 e. The minimum Gasteiger partial charge on any atom is -0.486 e. The molecular formula is C15H12FN3O3. The molecule has 3 rings (SSSR count). The molecule has 1 aromatic carbocycles. The number of nitrogens with zero attached hydrogens (tertiary/aromatic N) is 2. The Morgan fingerprint density at radius 3 is 2.91 bits per heavy atom. The third kappa shape index (κ3) is 2.44. The van der Waals surface area contributed by atoms with Crippen LogP contribution in [0.2, 0.25) is 0 Å². The smallest absolute Gasteiger partial charge is 0.356 e. The summed E-state index contributed by atoms with van der Waals surface area (Å²) in [6.45, 7) is -0.0125. The van der Waals surface area contributed by atoms with Crippen LogP contribution in [0.5, 0.6) is 5.75 Å². The number of imidazole rings is 1. The van der Waals surface area contributed by atoms with Gasteiger partial charge in [0.25, 0.3) is 0 Å². The molecule has 112 valence electrons. The molecule has 6 nitrogen and oxygen atoms in total. The van der Waals surface area contributed by atoms with Gasteiger partial charge in [-0.25, -0.2) is 14.2 Å². The van der Waals surface area contributed by atoms with Crippen molar-refractivity contribution >= 4 is 17.2 Å². The van der Waals surface area contributed by atoms with Gasteiger partial charge < -0.3 is 15.6 Å². The van der Waals surface area contributed by atoms with Crippen LogP contribution < -0.4 is 10.5 Å². The molecular weight excluding hydrogens is 289 g/mol. The molecule has 0 spiro atoms. The number of ether oxygens (including phenoxy) is 1. The van der Waals surface area contributed by atoms with Crippen molar-refractivity contribution in [3.8, 4) is 5.75 Å². The number of pyridine rings is 1. The highest BCUT2D eigenvalue weighted by atomic mass is 19.1. The Labute approximate surface area is 124 Å².